The highest BCUT2D eigenvalue weighted by Crippen LogP contribution is 2.30. The van der Waals surface area contributed by atoms with E-state index in [9.17, 15) is 4.79 Å². The molecule has 5 rings (SSSR count). The topological polar surface area (TPSA) is 59.8 Å². The van der Waals surface area contributed by atoms with Crippen molar-refractivity contribution in [3.05, 3.63) is 107 Å². The van der Waals surface area contributed by atoms with Crippen LogP contribution in [0.2, 0.25) is 0 Å². The maximum atomic E-state index is 13.4. The zero-order valence-electron chi connectivity index (χ0n) is 22.3. The van der Waals surface area contributed by atoms with Gasteiger partial charge in [0, 0.05) is 17.4 Å². The van der Waals surface area contributed by atoms with Crippen molar-refractivity contribution >= 4 is 17.7 Å². The number of thioether (sulfide) groups is 1. The second-order valence-electron chi connectivity index (χ2n) is 10.4. The molecule has 0 aliphatic heterocycles. The maximum absolute atomic E-state index is 13.4. The van der Waals surface area contributed by atoms with Gasteiger partial charge in [-0.3, -0.25) is 9.36 Å². The SMILES string of the molecule is Cc1ccc(-n2c(SCc3cccc(C)c3)nnc2C(Cc2ccccc2)NC(=O)C2CCCCC2)cc1. The van der Waals surface area contributed by atoms with Crippen LogP contribution >= 0.6 is 11.8 Å². The summed E-state index contributed by atoms with van der Waals surface area (Å²) >= 11 is 1.68. The number of aryl methyl sites for hydroxylation is 2. The predicted molar refractivity (Wildman–Crippen MR) is 154 cm³/mol. The molecule has 1 heterocycles. The van der Waals surface area contributed by atoms with Crippen molar-refractivity contribution in [1.29, 1.82) is 0 Å². The minimum atomic E-state index is -0.283. The number of hydrogen-bond acceptors (Lipinski definition) is 4. The number of benzene rings is 3. The first-order chi connectivity index (χ1) is 18.6. The van der Waals surface area contributed by atoms with Gasteiger partial charge in [-0.1, -0.05) is 109 Å². The Bertz CT molecular complexity index is 1340. The summed E-state index contributed by atoms with van der Waals surface area (Å²) in [6.45, 7) is 4.21. The van der Waals surface area contributed by atoms with Gasteiger partial charge in [0.15, 0.2) is 11.0 Å². The van der Waals surface area contributed by atoms with Gasteiger partial charge < -0.3 is 5.32 Å². The van der Waals surface area contributed by atoms with Crippen molar-refractivity contribution in [2.75, 3.05) is 0 Å². The summed E-state index contributed by atoms with van der Waals surface area (Å²) in [4.78, 5) is 13.4. The Kier molecular flexibility index (Phi) is 8.59. The second-order valence-corrected chi connectivity index (χ2v) is 11.3. The number of carbonyl (C=O) groups is 1. The van der Waals surface area contributed by atoms with Crippen molar-refractivity contribution in [2.45, 2.75) is 69.3 Å². The molecule has 1 atom stereocenters. The summed E-state index contributed by atoms with van der Waals surface area (Å²) < 4.78 is 2.13. The van der Waals surface area contributed by atoms with Crippen molar-refractivity contribution in [3.63, 3.8) is 0 Å². The van der Waals surface area contributed by atoms with Crippen molar-refractivity contribution in [2.24, 2.45) is 5.92 Å². The number of rotatable bonds is 9. The lowest BCUT2D eigenvalue weighted by molar-refractivity contribution is -0.126. The Labute approximate surface area is 230 Å². The Morgan fingerprint density at radius 3 is 2.37 bits per heavy atom. The zero-order chi connectivity index (χ0) is 26.3. The van der Waals surface area contributed by atoms with Crippen LogP contribution in [-0.4, -0.2) is 20.7 Å². The first-order valence-corrected chi connectivity index (χ1v) is 14.6. The molecule has 5 nitrogen and oxygen atoms in total. The smallest absolute Gasteiger partial charge is 0.223 e. The quantitative estimate of drug-likeness (QED) is 0.236. The Morgan fingerprint density at radius 1 is 0.895 bits per heavy atom. The molecule has 1 N–H and O–H groups in total. The van der Waals surface area contributed by atoms with Crippen LogP contribution in [0.1, 0.15) is 66.2 Å². The minimum absolute atomic E-state index is 0.0768. The molecule has 1 amide bonds. The number of carbonyl (C=O) groups excluding carboxylic acids is 1. The molecule has 1 saturated carbocycles. The molecule has 1 aromatic heterocycles. The highest BCUT2D eigenvalue weighted by molar-refractivity contribution is 7.98. The standard InChI is InChI=1S/C32H36N4OS/c1-23-16-18-28(19-17-23)36-30(34-35-32(36)38-22-26-13-9-10-24(2)20-26)29(21-25-11-5-3-6-12-25)33-31(37)27-14-7-4-8-15-27/h3,5-6,9-13,16-20,27,29H,4,7-8,14-15,21-22H2,1-2H3,(H,33,37). The van der Waals surface area contributed by atoms with E-state index in [1.807, 2.05) is 18.2 Å². The molecule has 0 bridgehead atoms. The average molecular weight is 525 g/mol. The highest BCUT2D eigenvalue weighted by atomic mass is 32.2. The third kappa shape index (κ3) is 6.54. The van der Waals surface area contributed by atoms with E-state index < -0.39 is 0 Å². The molecule has 1 aliphatic carbocycles. The maximum Gasteiger partial charge on any atom is 0.223 e. The molecule has 0 spiro atoms. The Hall–Kier alpha value is -3.38. The summed E-state index contributed by atoms with van der Waals surface area (Å²) in [5.41, 5.74) is 5.86. The fourth-order valence-corrected chi connectivity index (χ4v) is 6.10. The summed E-state index contributed by atoms with van der Waals surface area (Å²) in [5.74, 6) is 1.78. The third-order valence-corrected chi connectivity index (χ3v) is 8.29. The number of hydrogen-bond donors (Lipinski definition) is 1. The molecule has 3 aromatic carbocycles. The van der Waals surface area contributed by atoms with Crippen LogP contribution in [0.25, 0.3) is 5.69 Å². The monoisotopic (exact) mass is 524 g/mol. The third-order valence-electron chi connectivity index (χ3n) is 7.29. The second kappa shape index (κ2) is 12.4. The summed E-state index contributed by atoms with van der Waals surface area (Å²) in [6, 6.07) is 27.1. The molecular formula is C32H36N4OS. The molecule has 38 heavy (non-hydrogen) atoms. The molecule has 1 unspecified atom stereocenters. The normalized spacial score (nSPS) is 14.8. The van der Waals surface area contributed by atoms with Crippen LogP contribution < -0.4 is 5.32 Å². The van der Waals surface area contributed by atoms with E-state index >= 15 is 0 Å². The van der Waals surface area contributed by atoms with Gasteiger partial charge in [0.25, 0.3) is 0 Å². The molecule has 196 valence electrons. The van der Waals surface area contributed by atoms with Crippen molar-refractivity contribution in [3.8, 4) is 5.69 Å². The van der Waals surface area contributed by atoms with Gasteiger partial charge in [0.2, 0.25) is 5.91 Å². The van der Waals surface area contributed by atoms with Crippen LogP contribution in [-0.2, 0) is 17.0 Å². The van der Waals surface area contributed by atoms with Gasteiger partial charge in [-0.2, -0.15) is 0 Å². The number of aromatic nitrogens is 3. The lowest BCUT2D eigenvalue weighted by atomic mass is 9.88. The van der Waals surface area contributed by atoms with Gasteiger partial charge in [-0.05, 0) is 56.4 Å². The van der Waals surface area contributed by atoms with Gasteiger partial charge in [0.1, 0.15) is 0 Å². The number of nitrogens with zero attached hydrogens (tertiary/aromatic N) is 3. The molecule has 0 radical (unpaired) electrons. The lowest BCUT2D eigenvalue weighted by Crippen LogP contribution is -2.37. The first kappa shape index (κ1) is 26.2. The van der Waals surface area contributed by atoms with Crippen LogP contribution in [0.15, 0.2) is 84.0 Å². The van der Waals surface area contributed by atoms with E-state index in [0.717, 1.165) is 53.7 Å². The lowest BCUT2D eigenvalue weighted by Gasteiger charge is -2.25. The fraction of sp³-hybridized carbons (Fsp3) is 0.344. The van der Waals surface area contributed by atoms with E-state index in [1.165, 1.54) is 23.1 Å². The van der Waals surface area contributed by atoms with E-state index in [-0.39, 0.29) is 17.9 Å². The highest BCUT2D eigenvalue weighted by Gasteiger charge is 2.28. The predicted octanol–water partition coefficient (Wildman–Crippen LogP) is 7.16. The van der Waals surface area contributed by atoms with Crippen LogP contribution in [0, 0.1) is 19.8 Å². The molecule has 0 saturated heterocycles. The molecule has 4 aromatic rings. The summed E-state index contributed by atoms with van der Waals surface area (Å²) in [7, 11) is 0. The summed E-state index contributed by atoms with van der Waals surface area (Å²) in [5, 5.41) is 13.6. The van der Waals surface area contributed by atoms with E-state index in [1.54, 1.807) is 11.8 Å². The largest absolute Gasteiger partial charge is 0.345 e. The van der Waals surface area contributed by atoms with E-state index in [0.29, 0.717) is 6.42 Å². The van der Waals surface area contributed by atoms with Gasteiger partial charge in [-0.15, -0.1) is 10.2 Å². The average Bonchev–Trinajstić information content (AvgIpc) is 3.37. The zero-order valence-corrected chi connectivity index (χ0v) is 23.1. The summed E-state index contributed by atoms with van der Waals surface area (Å²) in [6.07, 6.45) is 6.06. The van der Waals surface area contributed by atoms with Gasteiger partial charge in [-0.25, -0.2) is 0 Å². The van der Waals surface area contributed by atoms with Gasteiger partial charge >= 0.3 is 0 Å². The minimum Gasteiger partial charge on any atom is -0.345 e. The molecular weight excluding hydrogens is 488 g/mol. The number of amides is 1. The molecule has 1 fully saturated rings. The molecule has 6 heteroatoms. The van der Waals surface area contributed by atoms with Crippen LogP contribution in [0.4, 0.5) is 0 Å². The van der Waals surface area contributed by atoms with Crippen molar-refractivity contribution < 1.29 is 4.79 Å². The van der Waals surface area contributed by atoms with E-state index in [4.69, 9.17) is 5.10 Å². The molecule has 1 aliphatic rings. The van der Waals surface area contributed by atoms with E-state index in [2.05, 4.69) is 89.5 Å². The Balaban J connectivity index is 1.50. The fourth-order valence-electron chi connectivity index (χ4n) is 5.20. The van der Waals surface area contributed by atoms with Gasteiger partial charge in [0.05, 0.1) is 6.04 Å². The van der Waals surface area contributed by atoms with Crippen LogP contribution in [0.3, 0.4) is 0 Å². The Morgan fingerprint density at radius 2 is 1.63 bits per heavy atom. The van der Waals surface area contributed by atoms with Crippen LogP contribution in [0.5, 0.6) is 0 Å². The first-order valence-electron chi connectivity index (χ1n) is 13.6. The number of nitrogens with one attached hydrogen (secondary N) is 1. The van der Waals surface area contributed by atoms with Crippen molar-refractivity contribution in [1.82, 2.24) is 20.1 Å².